The van der Waals surface area contributed by atoms with Crippen LogP contribution in [0.15, 0.2) is 36.5 Å². The molecule has 2 fully saturated rings. The Kier molecular flexibility index (Phi) is 21.2. The Labute approximate surface area is 370 Å². The van der Waals surface area contributed by atoms with Gasteiger partial charge in [-0.25, -0.2) is 4.79 Å². The van der Waals surface area contributed by atoms with Gasteiger partial charge in [0.25, 0.3) is 0 Å². The van der Waals surface area contributed by atoms with Gasteiger partial charge in [0.05, 0.1) is 42.7 Å². The lowest BCUT2D eigenvalue weighted by atomic mass is 9.73. The number of hydrogen-bond acceptors (Lipinski definition) is 14. The molecular formula is C48H84O14. The van der Waals surface area contributed by atoms with E-state index in [2.05, 4.69) is 6.92 Å². The number of ether oxygens (including phenoxy) is 3. The summed E-state index contributed by atoms with van der Waals surface area (Å²) in [5.74, 6) is -5.10. The normalized spacial score (nSPS) is 45.3. The number of aliphatic hydroxyl groups excluding tert-OH is 9. The fraction of sp³-hybridized carbons (Fsp3) is 0.854. The van der Waals surface area contributed by atoms with Crippen LogP contribution < -0.4 is 0 Å². The largest absolute Gasteiger partial charge is 0.458 e. The van der Waals surface area contributed by atoms with Crippen LogP contribution in [0.5, 0.6) is 0 Å². The van der Waals surface area contributed by atoms with Crippen molar-refractivity contribution >= 4 is 5.97 Å². The van der Waals surface area contributed by atoms with Crippen LogP contribution in [0, 0.1) is 47.3 Å². The van der Waals surface area contributed by atoms with E-state index in [9.17, 15) is 55.9 Å². The van der Waals surface area contributed by atoms with Gasteiger partial charge in [-0.1, -0.05) is 99.1 Å². The maximum Gasteiger partial charge on any atom is 0.330 e. The monoisotopic (exact) mass is 885 g/mol. The number of carbonyl (C=O) groups is 1. The lowest BCUT2D eigenvalue weighted by Crippen LogP contribution is -2.63. The molecular weight excluding hydrogens is 801 g/mol. The molecule has 1 spiro atoms. The molecule has 0 amide bonds. The van der Waals surface area contributed by atoms with Gasteiger partial charge in [-0.05, 0) is 69.6 Å². The lowest BCUT2D eigenvalue weighted by molar-refractivity contribution is -0.376. The summed E-state index contributed by atoms with van der Waals surface area (Å²) >= 11 is 0. The van der Waals surface area contributed by atoms with Crippen molar-refractivity contribution in [1.29, 1.82) is 0 Å². The number of allylic oxidation sites excluding steroid dienone is 4. The van der Waals surface area contributed by atoms with E-state index in [1.807, 2.05) is 39.8 Å². The molecule has 3 heterocycles. The van der Waals surface area contributed by atoms with Crippen molar-refractivity contribution in [2.75, 3.05) is 0 Å². The summed E-state index contributed by atoms with van der Waals surface area (Å²) < 4.78 is 20.3. The molecule has 0 aromatic heterocycles. The Bertz CT molecular complexity index is 1440. The van der Waals surface area contributed by atoms with Gasteiger partial charge in [0, 0.05) is 42.1 Å². The number of carbonyl (C=O) groups excluding carboxylic acids is 1. The van der Waals surface area contributed by atoms with Crippen LogP contribution in [-0.2, 0) is 19.0 Å². The molecule has 10 N–H and O–H groups in total. The van der Waals surface area contributed by atoms with E-state index in [4.69, 9.17) is 14.2 Å². The molecule has 0 aromatic carbocycles. The highest BCUT2D eigenvalue weighted by Gasteiger charge is 2.57. The van der Waals surface area contributed by atoms with Crippen molar-refractivity contribution in [2.24, 2.45) is 47.3 Å². The van der Waals surface area contributed by atoms with E-state index in [0.29, 0.717) is 32.1 Å². The van der Waals surface area contributed by atoms with E-state index in [0.717, 1.165) is 6.42 Å². The van der Waals surface area contributed by atoms with Crippen molar-refractivity contribution in [3.63, 3.8) is 0 Å². The highest BCUT2D eigenvalue weighted by molar-refractivity contribution is 5.82. The van der Waals surface area contributed by atoms with Gasteiger partial charge in [-0.2, -0.15) is 0 Å². The molecule has 2 saturated heterocycles. The van der Waals surface area contributed by atoms with E-state index >= 15 is 0 Å². The van der Waals surface area contributed by atoms with Gasteiger partial charge < -0.3 is 65.3 Å². The zero-order valence-electron chi connectivity index (χ0n) is 39.0. The van der Waals surface area contributed by atoms with Gasteiger partial charge >= 0.3 is 5.97 Å². The first kappa shape index (κ1) is 54.5. The zero-order valence-corrected chi connectivity index (χ0v) is 39.0. The molecule has 2 bridgehead atoms. The second-order valence-electron chi connectivity index (χ2n) is 19.6. The van der Waals surface area contributed by atoms with Gasteiger partial charge in [-0.3, -0.25) is 0 Å². The molecule has 14 heteroatoms. The quantitative estimate of drug-likeness (QED) is 0.164. The molecule has 3 aliphatic heterocycles. The first-order valence-corrected chi connectivity index (χ1v) is 23.4. The van der Waals surface area contributed by atoms with Crippen LogP contribution in [0.3, 0.4) is 0 Å². The third kappa shape index (κ3) is 13.2. The first-order valence-electron chi connectivity index (χ1n) is 23.4. The molecule has 0 aromatic rings. The number of esters is 1. The van der Waals surface area contributed by atoms with E-state index in [1.165, 1.54) is 19.1 Å². The second kappa shape index (κ2) is 24.1. The van der Waals surface area contributed by atoms with Crippen LogP contribution in [0.25, 0.3) is 0 Å². The lowest BCUT2D eigenvalue weighted by Gasteiger charge is -2.56. The van der Waals surface area contributed by atoms with Crippen molar-refractivity contribution in [1.82, 2.24) is 0 Å². The van der Waals surface area contributed by atoms with Gasteiger partial charge in [0.2, 0.25) is 0 Å². The average Bonchev–Trinajstić information content (AvgIpc) is 3.24. The van der Waals surface area contributed by atoms with Crippen LogP contribution in [0.2, 0.25) is 0 Å². The van der Waals surface area contributed by atoms with E-state index in [1.54, 1.807) is 39.8 Å². The molecule has 0 saturated carbocycles. The Hall–Kier alpha value is -1.79. The Morgan fingerprint density at radius 3 is 2.02 bits per heavy atom. The molecule has 0 aliphatic carbocycles. The summed E-state index contributed by atoms with van der Waals surface area (Å²) in [5.41, 5.74) is -2.31. The van der Waals surface area contributed by atoms with Crippen LogP contribution >= 0.6 is 0 Å². The van der Waals surface area contributed by atoms with Gasteiger partial charge in [0.1, 0.15) is 36.1 Å². The van der Waals surface area contributed by atoms with Crippen molar-refractivity contribution in [3.8, 4) is 0 Å². The number of rotatable bonds is 7. The average molecular weight is 885 g/mol. The summed E-state index contributed by atoms with van der Waals surface area (Å²) in [6, 6.07) is 0. The first-order chi connectivity index (χ1) is 29.0. The molecule has 14 nitrogen and oxygen atoms in total. The van der Waals surface area contributed by atoms with Crippen LogP contribution in [-0.4, -0.2) is 142 Å². The molecule has 22 unspecified atom stereocenters. The molecule has 62 heavy (non-hydrogen) atoms. The standard InChI is InChI=1S/C48H84O14/c1-11-23-47(59)45(57)28(5)16-14-13-15-17-34(25-29(6)49)19-20-36-31(8)44(33(10)48(61-36)24-22-27(4)43(62-48)30(7)35(50)12-2)60-37(51)21-18-26(3)38(52)32(9)39(53)40(54)41(55)42(56)46(47)58/h13-15,17-18,21,26-36,38-46,49-50,52-59H,11-12,16,19-20,22-25H2,1-10H3. The molecule has 3 aliphatic rings. The number of aliphatic hydroxyl groups is 10. The van der Waals surface area contributed by atoms with Crippen molar-refractivity contribution < 1.29 is 70.1 Å². The third-order valence-electron chi connectivity index (χ3n) is 14.6. The van der Waals surface area contributed by atoms with Gasteiger partial charge in [-0.15, -0.1) is 0 Å². The summed E-state index contributed by atoms with van der Waals surface area (Å²) in [6.45, 7) is 18.1. The third-order valence-corrected chi connectivity index (χ3v) is 14.6. The maximum atomic E-state index is 13.7. The van der Waals surface area contributed by atoms with E-state index < -0.39 is 108 Å². The van der Waals surface area contributed by atoms with E-state index in [-0.39, 0.29) is 49.0 Å². The topological polar surface area (TPSA) is 247 Å². The Morgan fingerprint density at radius 2 is 1.40 bits per heavy atom. The van der Waals surface area contributed by atoms with Crippen LogP contribution in [0.1, 0.15) is 127 Å². The highest BCUT2D eigenvalue weighted by Crippen LogP contribution is 2.49. The van der Waals surface area contributed by atoms with Crippen molar-refractivity contribution in [2.45, 2.75) is 212 Å². The molecule has 3 rings (SSSR count). The second-order valence-corrected chi connectivity index (χ2v) is 19.6. The summed E-state index contributed by atoms with van der Waals surface area (Å²) in [7, 11) is 0. The smallest absolute Gasteiger partial charge is 0.330 e. The SMILES string of the molecule is CCCC1(O)C(O)C(C)CC=CC=CC(CC(C)O)CCC2OC3(CCC(C)C(C(C)C(O)CC)O3)C(C)C(OC(=O)C=CC(C)C(O)C(C)C(O)C(O)C(O)C(O)C1O)C2C. The Balaban J connectivity index is 2.07. The zero-order chi connectivity index (χ0) is 46.9. The number of hydrogen-bond donors (Lipinski definition) is 10. The van der Waals surface area contributed by atoms with Gasteiger partial charge in [0.15, 0.2) is 5.79 Å². The minimum atomic E-state index is -2.31. The number of fused-ring (bicyclic) bond motifs is 2. The fourth-order valence-electron chi connectivity index (χ4n) is 10.1. The maximum absolute atomic E-state index is 13.7. The Morgan fingerprint density at radius 1 is 0.758 bits per heavy atom. The molecule has 0 radical (unpaired) electrons. The minimum absolute atomic E-state index is 0.0714. The summed E-state index contributed by atoms with van der Waals surface area (Å²) in [4.78, 5) is 13.7. The molecule has 22 atom stereocenters. The predicted octanol–water partition coefficient (Wildman–Crippen LogP) is 3.69. The predicted molar refractivity (Wildman–Crippen MR) is 235 cm³/mol. The van der Waals surface area contributed by atoms with Crippen molar-refractivity contribution in [3.05, 3.63) is 36.5 Å². The minimum Gasteiger partial charge on any atom is -0.458 e. The summed E-state index contributed by atoms with van der Waals surface area (Å²) in [5, 5.41) is 111. The highest BCUT2D eigenvalue weighted by atomic mass is 16.7. The van der Waals surface area contributed by atoms with Crippen LogP contribution in [0.4, 0.5) is 0 Å². The fourth-order valence-corrected chi connectivity index (χ4v) is 10.1. The molecule has 360 valence electrons. The summed E-state index contributed by atoms with van der Waals surface area (Å²) in [6.07, 6.45) is -1.90.